The Morgan fingerprint density at radius 3 is 2.74 bits per heavy atom. The van der Waals surface area contributed by atoms with E-state index >= 15 is 0 Å². The van der Waals surface area contributed by atoms with Gasteiger partial charge in [0.05, 0.1) is 30.0 Å². The van der Waals surface area contributed by atoms with E-state index in [4.69, 9.17) is 25.8 Å². The third-order valence-corrected chi connectivity index (χ3v) is 5.55. The SMILES string of the molecule is CCOC(=O)C1=C(C)Nc2nnnn2[C@@H]1c1ccc(OCC(=O)Nc2ccccc2Cl)c(OC)c1. The topological polar surface area (TPSA) is 129 Å². The Hall–Kier alpha value is -4.12. The Bertz CT molecular complexity index is 1290. The van der Waals surface area contributed by atoms with Crippen LogP contribution >= 0.6 is 11.6 Å². The number of amides is 1. The number of para-hydroxylation sites is 1. The maximum atomic E-state index is 12.8. The molecule has 2 aromatic carbocycles. The quantitative estimate of drug-likeness (QED) is 0.449. The number of hydrogen-bond acceptors (Lipinski definition) is 9. The summed E-state index contributed by atoms with van der Waals surface area (Å²) in [5.74, 6) is 0.219. The minimum atomic E-state index is -0.660. The van der Waals surface area contributed by atoms with Crippen molar-refractivity contribution in [3.63, 3.8) is 0 Å². The Labute approximate surface area is 206 Å². The number of rotatable bonds is 8. The summed E-state index contributed by atoms with van der Waals surface area (Å²) in [6.07, 6.45) is 0. The van der Waals surface area contributed by atoms with Crippen LogP contribution in [0.1, 0.15) is 25.5 Å². The van der Waals surface area contributed by atoms with E-state index in [-0.39, 0.29) is 19.1 Å². The van der Waals surface area contributed by atoms with Gasteiger partial charge in [0.15, 0.2) is 18.1 Å². The number of halogens is 1. The van der Waals surface area contributed by atoms with Crippen molar-refractivity contribution in [2.75, 3.05) is 31.0 Å². The standard InChI is InChI=1S/C23H23ClN6O5/c1-4-34-22(32)20-13(2)25-23-27-28-29-30(23)21(20)14-9-10-17(18(11-14)33-3)35-12-19(31)26-16-8-6-5-7-15(16)24/h5-11,21H,4,12H2,1-3H3,(H,26,31)(H,25,27,29)/t21-/m1/s1. The second kappa shape index (κ2) is 10.4. The van der Waals surface area contributed by atoms with Crippen molar-refractivity contribution in [1.82, 2.24) is 20.2 Å². The zero-order valence-electron chi connectivity index (χ0n) is 19.2. The summed E-state index contributed by atoms with van der Waals surface area (Å²) in [4.78, 5) is 25.1. The molecule has 1 aliphatic rings. The second-order valence-corrected chi connectivity index (χ2v) is 7.87. The molecule has 0 saturated carbocycles. The lowest BCUT2D eigenvalue weighted by molar-refractivity contribution is -0.139. The van der Waals surface area contributed by atoms with E-state index in [0.717, 1.165) is 0 Å². The van der Waals surface area contributed by atoms with E-state index in [2.05, 4.69) is 26.2 Å². The average Bonchev–Trinajstić information content (AvgIpc) is 3.31. The summed E-state index contributed by atoms with van der Waals surface area (Å²) < 4.78 is 17.9. The first-order valence-corrected chi connectivity index (χ1v) is 11.1. The van der Waals surface area contributed by atoms with Crippen LogP contribution in [0, 0.1) is 0 Å². The van der Waals surface area contributed by atoms with E-state index in [1.165, 1.54) is 11.8 Å². The highest BCUT2D eigenvalue weighted by atomic mass is 35.5. The maximum Gasteiger partial charge on any atom is 0.338 e. The molecular formula is C23H23ClN6O5. The van der Waals surface area contributed by atoms with E-state index < -0.39 is 12.0 Å². The first-order chi connectivity index (χ1) is 16.9. The highest BCUT2D eigenvalue weighted by molar-refractivity contribution is 6.33. The van der Waals surface area contributed by atoms with Crippen LogP contribution in [-0.4, -0.2) is 52.4 Å². The van der Waals surface area contributed by atoms with Crippen molar-refractivity contribution in [1.29, 1.82) is 0 Å². The molecule has 1 amide bonds. The molecule has 1 aromatic heterocycles. The molecule has 0 spiro atoms. The van der Waals surface area contributed by atoms with Gasteiger partial charge in [-0.3, -0.25) is 4.79 Å². The summed E-state index contributed by atoms with van der Waals surface area (Å²) in [5, 5.41) is 17.9. The van der Waals surface area contributed by atoms with E-state index in [9.17, 15) is 9.59 Å². The molecule has 182 valence electrons. The molecule has 0 fully saturated rings. The number of hydrogen-bond donors (Lipinski definition) is 2. The van der Waals surface area contributed by atoms with Crippen LogP contribution in [0.5, 0.6) is 11.5 Å². The summed E-state index contributed by atoms with van der Waals surface area (Å²) in [6.45, 7) is 3.44. The molecule has 0 radical (unpaired) electrons. The molecule has 2 N–H and O–H groups in total. The first-order valence-electron chi connectivity index (χ1n) is 10.7. The molecule has 1 atom stereocenters. The number of fused-ring (bicyclic) bond motifs is 1. The number of nitrogens with zero attached hydrogens (tertiary/aromatic N) is 4. The molecule has 0 bridgehead atoms. The largest absolute Gasteiger partial charge is 0.493 e. The van der Waals surface area contributed by atoms with Crippen molar-refractivity contribution in [3.05, 3.63) is 64.3 Å². The second-order valence-electron chi connectivity index (χ2n) is 7.46. The maximum absolute atomic E-state index is 12.8. The Kier molecular flexibility index (Phi) is 7.16. The fourth-order valence-corrected chi connectivity index (χ4v) is 3.84. The third kappa shape index (κ3) is 5.04. The molecule has 35 heavy (non-hydrogen) atoms. The number of anilines is 2. The van der Waals surface area contributed by atoms with Gasteiger partial charge in [-0.15, -0.1) is 0 Å². The average molecular weight is 499 g/mol. The number of nitrogens with one attached hydrogen (secondary N) is 2. The lowest BCUT2D eigenvalue weighted by atomic mass is 9.95. The lowest BCUT2D eigenvalue weighted by Crippen LogP contribution is -2.29. The predicted molar refractivity (Wildman–Crippen MR) is 127 cm³/mol. The Morgan fingerprint density at radius 1 is 1.20 bits per heavy atom. The van der Waals surface area contributed by atoms with Crippen molar-refractivity contribution < 1.29 is 23.8 Å². The molecule has 2 heterocycles. The predicted octanol–water partition coefficient (Wildman–Crippen LogP) is 3.20. The summed E-state index contributed by atoms with van der Waals surface area (Å²) >= 11 is 6.08. The van der Waals surface area contributed by atoms with Gasteiger partial charge in [0.2, 0.25) is 5.95 Å². The molecule has 0 aliphatic carbocycles. The van der Waals surface area contributed by atoms with Crippen LogP contribution < -0.4 is 20.1 Å². The monoisotopic (exact) mass is 498 g/mol. The van der Waals surface area contributed by atoms with E-state index in [1.54, 1.807) is 56.3 Å². The molecular weight excluding hydrogens is 476 g/mol. The summed E-state index contributed by atoms with van der Waals surface area (Å²) in [6, 6.07) is 11.4. The van der Waals surface area contributed by atoms with Gasteiger partial charge in [0, 0.05) is 5.70 Å². The third-order valence-electron chi connectivity index (χ3n) is 5.22. The molecule has 11 nitrogen and oxygen atoms in total. The van der Waals surface area contributed by atoms with Gasteiger partial charge >= 0.3 is 5.97 Å². The van der Waals surface area contributed by atoms with Crippen molar-refractivity contribution in [2.24, 2.45) is 0 Å². The minimum absolute atomic E-state index is 0.219. The van der Waals surface area contributed by atoms with Crippen LogP contribution in [0.2, 0.25) is 5.02 Å². The van der Waals surface area contributed by atoms with Crippen LogP contribution in [0.3, 0.4) is 0 Å². The number of ether oxygens (including phenoxy) is 3. The van der Waals surface area contributed by atoms with Crippen molar-refractivity contribution in [3.8, 4) is 11.5 Å². The van der Waals surface area contributed by atoms with Crippen LogP contribution in [0.15, 0.2) is 53.7 Å². The zero-order valence-corrected chi connectivity index (χ0v) is 20.0. The Balaban J connectivity index is 1.58. The fraction of sp³-hybridized carbons (Fsp3) is 0.261. The van der Waals surface area contributed by atoms with Crippen LogP contribution in [0.25, 0.3) is 0 Å². The zero-order chi connectivity index (χ0) is 24.9. The number of esters is 1. The minimum Gasteiger partial charge on any atom is -0.493 e. The number of methoxy groups -OCH3 is 1. The van der Waals surface area contributed by atoms with E-state index in [0.29, 0.717) is 45.0 Å². The van der Waals surface area contributed by atoms with Gasteiger partial charge < -0.3 is 24.8 Å². The van der Waals surface area contributed by atoms with Gasteiger partial charge in [-0.05, 0) is 54.1 Å². The van der Waals surface area contributed by atoms with Crippen molar-refractivity contribution in [2.45, 2.75) is 19.9 Å². The molecule has 0 saturated heterocycles. The van der Waals surface area contributed by atoms with E-state index in [1.807, 2.05) is 0 Å². The van der Waals surface area contributed by atoms with Crippen molar-refractivity contribution >= 4 is 35.1 Å². The molecule has 0 unspecified atom stereocenters. The van der Waals surface area contributed by atoms with Crippen LogP contribution in [-0.2, 0) is 14.3 Å². The number of tetrazole rings is 1. The summed E-state index contributed by atoms with van der Waals surface area (Å²) in [7, 11) is 1.48. The number of allylic oxidation sites excluding steroid dienone is 1. The van der Waals surface area contributed by atoms with Gasteiger partial charge in [-0.1, -0.05) is 34.9 Å². The van der Waals surface area contributed by atoms with Gasteiger partial charge in [-0.25, -0.2) is 4.79 Å². The normalized spacial score (nSPS) is 14.6. The van der Waals surface area contributed by atoms with Crippen LogP contribution in [0.4, 0.5) is 11.6 Å². The highest BCUT2D eigenvalue weighted by Gasteiger charge is 2.35. The number of carbonyl (C=O) groups excluding carboxylic acids is 2. The first kappa shape index (κ1) is 24.0. The van der Waals surface area contributed by atoms with Gasteiger partial charge in [0.25, 0.3) is 5.91 Å². The van der Waals surface area contributed by atoms with Gasteiger partial charge in [-0.2, -0.15) is 4.68 Å². The number of carbonyl (C=O) groups is 2. The number of benzene rings is 2. The Morgan fingerprint density at radius 2 is 2.00 bits per heavy atom. The molecule has 1 aliphatic heterocycles. The highest BCUT2D eigenvalue weighted by Crippen LogP contribution is 2.38. The molecule has 3 aromatic rings. The molecule has 4 rings (SSSR count). The fourth-order valence-electron chi connectivity index (χ4n) is 3.66. The smallest absolute Gasteiger partial charge is 0.338 e. The lowest BCUT2D eigenvalue weighted by Gasteiger charge is -2.27. The molecule has 12 heteroatoms. The summed E-state index contributed by atoms with van der Waals surface area (Å²) in [5.41, 5.74) is 2.09. The number of aromatic nitrogens is 4. The van der Waals surface area contributed by atoms with Gasteiger partial charge in [0.1, 0.15) is 6.04 Å².